The van der Waals surface area contributed by atoms with Crippen molar-refractivity contribution in [1.82, 2.24) is 0 Å². The number of nitrogens with one attached hydrogen (secondary N) is 1. The Balaban J connectivity index is 2.04. The van der Waals surface area contributed by atoms with Crippen LogP contribution in [0.4, 0.5) is 5.69 Å². The molecular formula is C13H20N2. The van der Waals surface area contributed by atoms with Crippen LogP contribution in [-0.4, -0.2) is 12.1 Å². The Bertz CT molecular complexity index is 322. The fourth-order valence-electron chi connectivity index (χ4n) is 2.34. The Morgan fingerprint density at radius 2 is 2.13 bits per heavy atom. The van der Waals surface area contributed by atoms with Crippen LogP contribution in [0.2, 0.25) is 0 Å². The Morgan fingerprint density at radius 1 is 1.33 bits per heavy atom. The summed E-state index contributed by atoms with van der Waals surface area (Å²) in [6.45, 7) is 2.20. The van der Waals surface area contributed by atoms with Crippen molar-refractivity contribution in [2.24, 2.45) is 5.73 Å². The minimum atomic E-state index is 0.399. The molecule has 3 N–H and O–H groups in total. The van der Waals surface area contributed by atoms with Gasteiger partial charge < -0.3 is 11.1 Å². The molecule has 2 rings (SSSR count). The number of anilines is 1. The first kappa shape index (κ1) is 10.5. The second kappa shape index (κ2) is 4.67. The van der Waals surface area contributed by atoms with Gasteiger partial charge >= 0.3 is 0 Å². The summed E-state index contributed by atoms with van der Waals surface area (Å²) in [6, 6.07) is 9.53. The molecule has 0 heterocycles. The molecular weight excluding hydrogens is 184 g/mol. The topological polar surface area (TPSA) is 38.0 Å². The maximum atomic E-state index is 5.91. The van der Waals surface area contributed by atoms with Gasteiger partial charge in [0.25, 0.3) is 0 Å². The second-order valence-corrected chi connectivity index (χ2v) is 4.43. The molecule has 1 aromatic rings. The van der Waals surface area contributed by atoms with Crippen LogP contribution in [0.25, 0.3) is 0 Å². The fourth-order valence-corrected chi connectivity index (χ4v) is 2.34. The first-order valence-corrected chi connectivity index (χ1v) is 5.89. The monoisotopic (exact) mass is 204 g/mol. The van der Waals surface area contributed by atoms with Crippen molar-refractivity contribution in [2.75, 3.05) is 5.32 Å². The van der Waals surface area contributed by atoms with Crippen LogP contribution in [0, 0.1) is 0 Å². The lowest BCUT2D eigenvalue weighted by atomic mass is 10.1. The highest BCUT2D eigenvalue weighted by atomic mass is 14.9. The van der Waals surface area contributed by atoms with E-state index in [1.165, 1.54) is 17.7 Å². The summed E-state index contributed by atoms with van der Waals surface area (Å²) >= 11 is 0. The van der Waals surface area contributed by atoms with Gasteiger partial charge in [0.15, 0.2) is 0 Å². The molecule has 0 saturated heterocycles. The number of benzene rings is 1. The van der Waals surface area contributed by atoms with Gasteiger partial charge in [0.05, 0.1) is 0 Å². The standard InChI is InChI=1S/C13H20N2/c1-2-10-5-3-4-6-13(10)15-12-8-7-11(14)9-12/h3-6,11-12,15H,2,7-9,14H2,1H3. The molecule has 1 aliphatic carbocycles. The van der Waals surface area contributed by atoms with Crippen LogP contribution in [0.15, 0.2) is 24.3 Å². The van der Waals surface area contributed by atoms with E-state index in [2.05, 4.69) is 36.5 Å². The summed E-state index contributed by atoms with van der Waals surface area (Å²) in [5, 5.41) is 3.61. The first-order valence-electron chi connectivity index (χ1n) is 5.89. The third-order valence-corrected chi connectivity index (χ3v) is 3.23. The van der Waals surface area contributed by atoms with Crippen molar-refractivity contribution in [3.8, 4) is 0 Å². The van der Waals surface area contributed by atoms with Crippen LogP contribution >= 0.6 is 0 Å². The molecule has 2 nitrogen and oxygen atoms in total. The van der Waals surface area contributed by atoms with Crippen LogP contribution in [0.3, 0.4) is 0 Å². The van der Waals surface area contributed by atoms with Crippen molar-refractivity contribution in [1.29, 1.82) is 0 Å². The van der Waals surface area contributed by atoms with E-state index < -0.39 is 0 Å². The molecule has 0 spiro atoms. The van der Waals surface area contributed by atoms with Gasteiger partial charge in [0, 0.05) is 17.8 Å². The van der Waals surface area contributed by atoms with Crippen LogP contribution in [0.1, 0.15) is 31.7 Å². The molecule has 15 heavy (non-hydrogen) atoms. The van der Waals surface area contributed by atoms with E-state index in [0.717, 1.165) is 19.3 Å². The highest BCUT2D eigenvalue weighted by Gasteiger charge is 2.21. The average Bonchev–Trinajstić information content (AvgIpc) is 2.65. The van der Waals surface area contributed by atoms with E-state index in [-0.39, 0.29) is 0 Å². The molecule has 2 unspecified atom stereocenters. The SMILES string of the molecule is CCc1ccccc1NC1CCC(N)C1. The minimum absolute atomic E-state index is 0.399. The Morgan fingerprint density at radius 3 is 2.80 bits per heavy atom. The van der Waals surface area contributed by atoms with Gasteiger partial charge in [0.2, 0.25) is 0 Å². The number of rotatable bonds is 3. The third kappa shape index (κ3) is 2.51. The van der Waals surface area contributed by atoms with Crippen molar-refractivity contribution >= 4 is 5.69 Å². The molecule has 1 saturated carbocycles. The molecule has 1 aliphatic rings. The zero-order chi connectivity index (χ0) is 10.7. The van der Waals surface area contributed by atoms with Crippen molar-refractivity contribution in [2.45, 2.75) is 44.7 Å². The first-order chi connectivity index (χ1) is 7.29. The molecule has 2 heteroatoms. The van der Waals surface area contributed by atoms with Gasteiger partial charge in [-0.25, -0.2) is 0 Å². The largest absolute Gasteiger partial charge is 0.382 e. The zero-order valence-corrected chi connectivity index (χ0v) is 9.37. The predicted octanol–water partition coefficient (Wildman–Crippen LogP) is 2.54. The molecule has 0 bridgehead atoms. The minimum Gasteiger partial charge on any atom is -0.382 e. The van der Waals surface area contributed by atoms with Crippen molar-refractivity contribution < 1.29 is 0 Å². The van der Waals surface area contributed by atoms with Crippen LogP contribution in [0.5, 0.6) is 0 Å². The summed E-state index contributed by atoms with van der Waals surface area (Å²) in [5.41, 5.74) is 8.60. The van der Waals surface area contributed by atoms with Gasteiger partial charge in [-0.2, -0.15) is 0 Å². The lowest BCUT2D eigenvalue weighted by molar-refractivity contribution is 0.687. The number of aryl methyl sites for hydroxylation is 1. The quantitative estimate of drug-likeness (QED) is 0.794. The van der Waals surface area contributed by atoms with Gasteiger partial charge in [0.1, 0.15) is 0 Å². The summed E-state index contributed by atoms with van der Waals surface area (Å²) < 4.78 is 0. The molecule has 1 aromatic carbocycles. The molecule has 2 atom stereocenters. The molecule has 82 valence electrons. The number of para-hydroxylation sites is 1. The highest BCUT2D eigenvalue weighted by Crippen LogP contribution is 2.24. The number of nitrogens with two attached hydrogens (primary N) is 1. The van der Waals surface area contributed by atoms with Crippen molar-refractivity contribution in [3.05, 3.63) is 29.8 Å². The second-order valence-electron chi connectivity index (χ2n) is 4.43. The lowest BCUT2D eigenvalue weighted by Crippen LogP contribution is -2.21. The fraction of sp³-hybridized carbons (Fsp3) is 0.538. The van der Waals surface area contributed by atoms with E-state index in [1.807, 2.05) is 0 Å². The molecule has 1 fully saturated rings. The van der Waals surface area contributed by atoms with Crippen LogP contribution < -0.4 is 11.1 Å². The summed E-state index contributed by atoms with van der Waals surface area (Å²) in [5.74, 6) is 0. The predicted molar refractivity (Wildman–Crippen MR) is 65.1 cm³/mol. The van der Waals surface area contributed by atoms with E-state index >= 15 is 0 Å². The molecule has 0 radical (unpaired) electrons. The Hall–Kier alpha value is -1.02. The van der Waals surface area contributed by atoms with E-state index in [4.69, 9.17) is 5.73 Å². The Labute approximate surface area is 91.9 Å². The van der Waals surface area contributed by atoms with Crippen LogP contribution in [-0.2, 0) is 6.42 Å². The van der Waals surface area contributed by atoms with Crippen molar-refractivity contribution in [3.63, 3.8) is 0 Å². The third-order valence-electron chi connectivity index (χ3n) is 3.23. The van der Waals surface area contributed by atoms with E-state index in [1.54, 1.807) is 0 Å². The van der Waals surface area contributed by atoms with Gasteiger partial charge in [-0.15, -0.1) is 0 Å². The number of hydrogen-bond acceptors (Lipinski definition) is 2. The number of hydrogen-bond donors (Lipinski definition) is 2. The normalized spacial score (nSPS) is 25.5. The summed E-state index contributed by atoms with van der Waals surface area (Å²) in [6.07, 6.45) is 4.56. The summed E-state index contributed by atoms with van der Waals surface area (Å²) in [7, 11) is 0. The van der Waals surface area contributed by atoms with E-state index in [0.29, 0.717) is 12.1 Å². The van der Waals surface area contributed by atoms with E-state index in [9.17, 15) is 0 Å². The Kier molecular flexibility index (Phi) is 3.27. The molecule has 0 aliphatic heterocycles. The summed E-state index contributed by atoms with van der Waals surface area (Å²) in [4.78, 5) is 0. The highest BCUT2D eigenvalue weighted by molar-refractivity contribution is 5.51. The van der Waals surface area contributed by atoms with Gasteiger partial charge in [-0.1, -0.05) is 25.1 Å². The van der Waals surface area contributed by atoms with Gasteiger partial charge in [-0.3, -0.25) is 0 Å². The smallest absolute Gasteiger partial charge is 0.0374 e. The average molecular weight is 204 g/mol. The van der Waals surface area contributed by atoms with Gasteiger partial charge in [-0.05, 0) is 37.3 Å². The maximum Gasteiger partial charge on any atom is 0.0374 e. The lowest BCUT2D eigenvalue weighted by Gasteiger charge is -2.16. The maximum absolute atomic E-state index is 5.91. The molecule has 0 amide bonds. The zero-order valence-electron chi connectivity index (χ0n) is 9.37. The molecule has 0 aromatic heterocycles.